The summed E-state index contributed by atoms with van der Waals surface area (Å²) in [5.41, 5.74) is 2.26. The maximum Gasteiger partial charge on any atom is 0.243 e. The minimum atomic E-state index is -3.65. The number of benzene rings is 2. The van der Waals surface area contributed by atoms with Crippen molar-refractivity contribution in [1.82, 2.24) is 4.31 Å². The highest BCUT2D eigenvalue weighted by atomic mass is 32.2. The van der Waals surface area contributed by atoms with Crippen LogP contribution in [0.3, 0.4) is 0 Å². The molecule has 0 saturated carbocycles. The summed E-state index contributed by atoms with van der Waals surface area (Å²) in [4.78, 5) is 0.202. The van der Waals surface area contributed by atoms with Crippen molar-refractivity contribution in [2.75, 3.05) is 18.4 Å². The first-order chi connectivity index (χ1) is 13.1. The first-order valence-electron chi connectivity index (χ1n) is 8.91. The highest BCUT2D eigenvalue weighted by Gasteiger charge is 2.28. The molecule has 152 valence electrons. The first-order valence-corrected chi connectivity index (χ1v) is 11.9. The molecule has 2 aromatic rings. The van der Waals surface area contributed by atoms with E-state index in [1.165, 1.54) is 23.5 Å². The summed E-state index contributed by atoms with van der Waals surface area (Å²) in [7, 11) is -5.59. The number of ether oxygens (including phenoxy) is 1. The van der Waals surface area contributed by atoms with Gasteiger partial charge < -0.3 is 4.74 Å². The van der Waals surface area contributed by atoms with Crippen LogP contribution in [0.1, 0.15) is 25.0 Å². The average Bonchev–Trinajstić information content (AvgIpc) is 2.67. The van der Waals surface area contributed by atoms with E-state index in [2.05, 4.69) is 4.72 Å². The van der Waals surface area contributed by atoms with Gasteiger partial charge in [-0.05, 0) is 67.8 Å². The molecule has 1 aliphatic heterocycles. The van der Waals surface area contributed by atoms with E-state index in [0.717, 1.165) is 11.1 Å². The van der Waals surface area contributed by atoms with Crippen LogP contribution in [0.25, 0.3) is 0 Å². The van der Waals surface area contributed by atoms with E-state index in [0.29, 0.717) is 24.4 Å². The van der Waals surface area contributed by atoms with E-state index in [4.69, 9.17) is 4.74 Å². The van der Waals surface area contributed by atoms with Crippen LogP contribution in [-0.4, -0.2) is 40.0 Å². The van der Waals surface area contributed by atoms with Crippen LogP contribution in [-0.2, 0) is 33.0 Å². The fourth-order valence-electron chi connectivity index (χ4n) is 2.98. The SMILES string of the molecule is COc1ccc(S(=O)(=O)N2CCc3ccc(NS(=O)(=O)C(C)C)cc3C2)cc1. The Kier molecular flexibility index (Phi) is 5.69. The van der Waals surface area contributed by atoms with Crippen LogP contribution in [0.5, 0.6) is 5.75 Å². The number of anilines is 1. The maximum absolute atomic E-state index is 13.0. The molecular weight excluding hydrogens is 400 g/mol. The number of nitrogens with one attached hydrogen (secondary N) is 1. The number of sulfonamides is 2. The lowest BCUT2D eigenvalue weighted by atomic mass is 10.0. The third kappa shape index (κ3) is 4.16. The van der Waals surface area contributed by atoms with Crippen molar-refractivity contribution in [2.24, 2.45) is 0 Å². The lowest BCUT2D eigenvalue weighted by molar-refractivity contribution is 0.391. The summed E-state index contributed by atoms with van der Waals surface area (Å²) in [5.74, 6) is 0.588. The Labute approximate surface area is 166 Å². The average molecular weight is 425 g/mol. The Hall–Kier alpha value is -2.10. The molecule has 0 bridgehead atoms. The van der Waals surface area contributed by atoms with Gasteiger partial charge in [0.05, 0.1) is 17.3 Å². The summed E-state index contributed by atoms with van der Waals surface area (Å²) in [6, 6.07) is 11.6. The van der Waals surface area contributed by atoms with Gasteiger partial charge in [0.2, 0.25) is 20.0 Å². The molecule has 1 aliphatic rings. The Morgan fingerprint density at radius 1 is 1.00 bits per heavy atom. The van der Waals surface area contributed by atoms with Crippen LogP contribution in [0, 0.1) is 0 Å². The van der Waals surface area contributed by atoms with E-state index < -0.39 is 25.3 Å². The van der Waals surface area contributed by atoms with E-state index in [9.17, 15) is 16.8 Å². The lowest BCUT2D eigenvalue weighted by Gasteiger charge is -2.28. The zero-order valence-electron chi connectivity index (χ0n) is 16.0. The lowest BCUT2D eigenvalue weighted by Crippen LogP contribution is -2.36. The van der Waals surface area contributed by atoms with E-state index in [1.807, 2.05) is 6.07 Å². The van der Waals surface area contributed by atoms with Crippen LogP contribution in [0.15, 0.2) is 47.4 Å². The molecular formula is C19H24N2O5S2. The molecule has 1 heterocycles. The van der Waals surface area contributed by atoms with Gasteiger partial charge in [-0.2, -0.15) is 4.31 Å². The van der Waals surface area contributed by atoms with Crippen molar-refractivity contribution in [3.8, 4) is 5.75 Å². The summed E-state index contributed by atoms with van der Waals surface area (Å²) >= 11 is 0. The van der Waals surface area contributed by atoms with Gasteiger partial charge in [-0.25, -0.2) is 16.8 Å². The fraction of sp³-hybridized carbons (Fsp3) is 0.368. The second-order valence-electron chi connectivity index (χ2n) is 6.94. The smallest absolute Gasteiger partial charge is 0.243 e. The third-order valence-electron chi connectivity index (χ3n) is 4.76. The van der Waals surface area contributed by atoms with Crippen LogP contribution in [0.4, 0.5) is 5.69 Å². The van der Waals surface area contributed by atoms with Gasteiger partial charge >= 0.3 is 0 Å². The second kappa shape index (κ2) is 7.73. The quantitative estimate of drug-likeness (QED) is 0.769. The molecule has 0 radical (unpaired) electrons. The standard InChI is InChI=1S/C19H24N2O5S2/c1-14(2)27(22,23)20-17-5-4-15-10-11-21(13-16(15)12-17)28(24,25)19-8-6-18(26-3)7-9-19/h4-9,12,14,20H,10-11,13H2,1-3H3. The molecule has 0 spiro atoms. The van der Waals surface area contributed by atoms with Gasteiger partial charge in [0.15, 0.2) is 0 Å². The Balaban J connectivity index is 1.85. The second-order valence-corrected chi connectivity index (χ2v) is 11.1. The number of rotatable bonds is 6. The van der Waals surface area contributed by atoms with Crippen molar-refractivity contribution in [3.05, 3.63) is 53.6 Å². The number of hydrogen-bond donors (Lipinski definition) is 1. The summed E-state index contributed by atoms with van der Waals surface area (Å²) in [5, 5.41) is -0.560. The van der Waals surface area contributed by atoms with Gasteiger partial charge in [0.25, 0.3) is 0 Å². The molecule has 0 amide bonds. The zero-order valence-corrected chi connectivity index (χ0v) is 17.7. The third-order valence-corrected chi connectivity index (χ3v) is 8.38. The van der Waals surface area contributed by atoms with Crippen molar-refractivity contribution in [3.63, 3.8) is 0 Å². The number of methoxy groups -OCH3 is 1. The maximum atomic E-state index is 13.0. The van der Waals surface area contributed by atoms with E-state index >= 15 is 0 Å². The Morgan fingerprint density at radius 3 is 2.29 bits per heavy atom. The van der Waals surface area contributed by atoms with Crippen molar-refractivity contribution >= 4 is 25.7 Å². The highest BCUT2D eigenvalue weighted by Crippen LogP contribution is 2.28. The van der Waals surface area contributed by atoms with Gasteiger partial charge in [0, 0.05) is 18.8 Å². The largest absolute Gasteiger partial charge is 0.497 e. The number of hydrogen-bond acceptors (Lipinski definition) is 5. The zero-order chi connectivity index (χ0) is 20.5. The monoisotopic (exact) mass is 424 g/mol. The van der Waals surface area contributed by atoms with Gasteiger partial charge in [0.1, 0.15) is 5.75 Å². The predicted molar refractivity (Wildman–Crippen MR) is 108 cm³/mol. The van der Waals surface area contributed by atoms with Crippen LogP contribution >= 0.6 is 0 Å². The molecule has 0 atom stereocenters. The van der Waals surface area contributed by atoms with Crippen LogP contribution in [0.2, 0.25) is 0 Å². The first kappa shape index (κ1) is 20.6. The Morgan fingerprint density at radius 2 is 1.68 bits per heavy atom. The molecule has 9 heteroatoms. The van der Waals surface area contributed by atoms with Crippen molar-refractivity contribution in [1.29, 1.82) is 0 Å². The molecule has 1 N–H and O–H groups in total. The minimum Gasteiger partial charge on any atom is -0.497 e. The van der Waals surface area contributed by atoms with Crippen molar-refractivity contribution in [2.45, 2.75) is 37.0 Å². The van der Waals surface area contributed by atoms with Crippen molar-refractivity contribution < 1.29 is 21.6 Å². The molecule has 7 nitrogen and oxygen atoms in total. The number of nitrogens with zero attached hydrogens (tertiary/aromatic N) is 1. The van der Waals surface area contributed by atoms with E-state index in [-0.39, 0.29) is 11.4 Å². The summed E-state index contributed by atoms with van der Waals surface area (Å²) < 4.78 is 59.2. The van der Waals surface area contributed by atoms with Gasteiger partial charge in [-0.15, -0.1) is 0 Å². The summed E-state index contributed by atoms with van der Waals surface area (Å²) in [6.07, 6.45) is 0.571. The molecule has 0 fully saturated rings. The summed E-state index contributed by atoms with van der Waals surface area (Å²) in [6.45, 7) is 3.77. The van der Waals surface area contributed by atoms with E-state index in [1.54, 1.807) is 38.1 Å². The molecule has 2 aromatic carbocycles. The normalized spacial score (nSPS) is 15.3. The molecule has 0 saturated heterocycles. The highest BCUT2D eigenvalue weighted by molar-refractivity contribution is 7.93. The topological polar surface area (TPSA) is 92.8 Å². The molecule has 28 heavy (non-hydrogen) atoms. The molecule has 0 aliphatic carbocycles. The van der Waals surface area contributed by atoms with Crippen LogP contribution < -0.4 is 9.46 Å². The molecule has 0 unspecified atom stereocenters. The van der Waals surface area contributed by atoms with Gasteiger partial charge in [-0.1, -0.05) is 6.07 Å². The predicted octanol–water partition coefficient (Wildman–Crippen LogP) is 2.59. The Bertz CT molecular complexity index is 1060. The minimum absolute atomic E-state index is 0.195. The number of fused-ring (bicyclic) bond motifs is 1. The van der Waals surface area contributed by atoms with Gasteiger partial charge in [-0.3, -0.25) is 4.72 Å². The molecule has 0 aromatic heterocycles. The fourth-order valence-corrected chi connectivity index (χ4v) is 5.09. The molecule has 3 rings (SSSR count).